The van der Waals surface area contributed by atoms with Crippen molar-refractivity contribution in [1.29, 1.82) is 0 Å². The van der Waals surface area contributed by atoms with Gasteiger partial charge in [0.15, 0.2) is 0 Å². The Kier molecular flexibility index (Phi) is 21.9. The van der Waals surface area contributed by atoms with Crippen molar-refractivity contribution in [1.82, 2.24) is 0 Å². The van der Waals surface area contributed by atoms with Crippen LogP contribution in [0.5, 0.6) is 0 Å². The second kappa shape index (κ2) is 19.5. The Morgan fingerprint density at radius 3 is 2.27 bits per heavy atom. The molecular formula is C18H34O3Tb. The summed E-state index contributed by atoms with van der Waals surface area (Å²) in [5.41, 5.74) is 0. The Bertz CT molecular complexity index is 267. The van der Waals surface area contributed by atoms with Crippen molar-refractivity contribution in [3.8, 4) is 0 Å². The van der Waals surface area contributed by atoms with Crippen LogP contribution >= 0.6 is 0 Å². The van der Waals surface area contributed by atoms with Gasteiger partial charge >= 0.3 is 5.97 Å². The number of allylic oxidation sites excluding steroid dienone is 1. The average molecular weight is 457 g/mol. The number of carbonyl (C=O) groups is 1. The van der Waals surface area contributed by atoms with Gasteiger partial charge in [0, 0.05) is 45.0 Å². The van der Waals surface area contributed by atoms with Crippen LogP contribution < -0.4 is 0 Å². The molecule has 0 heterocycles. The summed E-state index contributed by atoms with van der Waals surface area (Å²) in [6.07, 6.45) is 17.4. The molecule has 0 saturated carbocycles. The molecule has 0 aliphatic heterocycles. The van der Waals surface area contributed by atoms with Crippen molar-refractivity contribution in [2.24, 2.45) is 0 Å². The van der Waals surface area contributed by atoms with E-state index >= 15 is 0 Å². The summed E-state index contributed by atoms with van der Waals surface area (Å²) in [5, 5.41) is 18.3. The van der Waals surface area contributed by atoms with E-state index in [0.717, 1.165) is 51.4 Å². The molecule has 1 atom stereocenters. The number of carboxylic acids is 1. The van der Waals surface area contributed by atoms with Gasteiger partial charge < -0.3 is 10.2 Å². The number of hydrogen-bond donors (Lipinski definition) is 2. The third-order valence-electron chi connectivity index (χ3n) is 3.73. The van der Waals surface area contributed by atoms with Gasteiger partial charge in [0.1, 0.15) is 0 Å². The van der Waals surface area contributed by atoms with Crippen LogP contribution in [0.3, 0.4) is 0 Å². The van der Waals surface area contributed by atoms with Gasteiger partial charge in [0.25, 0.3) is 0 Å². The molecule has 0 aromatic heterocycles. The van der Waals surface area contributed by atoms with E-state index in [1.54, 1.807) is 0 Å². The first-order chi connectivity index (χ1) is 10.2. The fourth-order valence-electron chi connectivity index (χ4n) is 2.36. The van der Waals surface area contributed by atoms with E-state index in [1.165, 1.54) is 25.7 Å². The molecule has 4 heteroatoms. The summed E-state index contributed by atoms with van der Waals surface area (Å²) in [6, 6.07) is 0. The molecule has 22 heavy (non-hydrogen) atoms. The van der Waals surface area contributed by atoms with E-state index in [1.807, 2.05) is 0 Å². The zero-order valence-corrected chi connectivity index (χ0v) is 16.2. The van der Waals surface area contributed by atoms with Crippen molar-refractivity contribution in [3.05, 3.63) is 12.2 Å². The monoisotopic (exact) mass is 457 g/mol. The number of hydrogen-bond acceptors (Lipinski definition) is 2. The topological polar surface area (TPSA) is 57.5 Å². The number of aliphatic carboxylic acids is 1. The van der Waals surface area contributed by atoms with E-state index in [4.69, 9.17) is 5.11 Å². The van der Waals surface area contributed by atoms with Crippen LogP contribution in [0.2, 0.25) is 0 Å². The Labute approximate surface area is 167 Å². The Hall–Kier alpha value is 0.456. The maximum Gasteiger partial charge on any atom is 0.303 e. The predicted octanol–water partition coefficient (Wildman–Crippen LogP) is 5.08. The number of aliphatic hydroxyl groups is 1. The van der Waals surface area contributed by atoms with Crippen LogP contribution in [0.4, 0.5) is 0 Å². The van der Waals surface area contributed by atoms with Gasteiger partial charge in [-0.3, -0.25) is 4.79 Å². The molecule has 1 radical (unpaired) electrons. The molecule has 0 spiro atoms. The first-order valence-electron chi connectivity index (χ1n) is 8.71. The molecule has 2 N–H and O–H groups in total. The van der Waals surface area contributed by atoms with E-state index in [2.05, 4.69) is 19.1 Å². The Morgan fingerprint density at radius 1 is 0.955 bits per heavy atom. The summed E-state index contributed by atoms with van der Waals surface area (Å²) in [7, 11) is 0. The summed E-state index contributed by atoms with van der Waals surface area (Å²) < 4.78 is 0. The largest absolute Gasteiger partial charge is 0.481 e. The molecule has 0 aromatic rings. The second-order valence-electron chi connectivity index (χ2n) is 5.91. The van der Waals surface area contributed by atoms with Crippen LogP contribution in [-0.4, -0.2) is 22.3 Å². The van der Waals surface area contributed by atoms with Crippen LogP contribution in [0, 0.1) is 38.6 Å². The van der Waals surface area contributed by atoms with E-state index in [0.29, 0.717) is 6.42 Å². The molecule has 0 aliphatic carbocycles. The first kappa shape index (κ1) is 24.7. The van der Waals surface area contributed by atoms with E-state index < -0.39 is 5.97 Å². The van der Waals surface area contributed by atoms with Gasteiger partial charge in [-0.25, -0.2) is 0 Å². The predicted molar refractivity (Wildman–Crippen MR) is 88.5 cm³/mol. The van der Waals surface area contributed by atoms with Gasteiger partial charge in [-0.2, -0.15) is 0 Å². The number of unbranched alkanes of at least 4 members (excludes halogenated alkanes) is 8. The molecule has 0 aliphatic rings. The van der Waals surface area contributed by atoms with Crippen molar-refractivity contribution >= 4 is 5.97 Å². The normalized spacial score (nSPS) is 12.3. The smallest absolute Gasteiger partial charge is 0.303 e. The Morgan fingerprint density at radius 2 is 1.59 bits per heavy atom. The minimum atomic E-state index is -0.689. The van der Waals surface area contributed by atoms with Crippen molar-refractivity contribution < 1.29 is 53.6 Å². The zero-order valence-electron chi connectivity index (χ0n) is 14.1. The summed E-state index contributed by atoms with van der Waals surface area (Å²) in [5.74, 6) is -0.689. The number of rotatable bonds is 15. The summed E-state index contributed by atoms with van der Waals surface area (Å²) >= 11 is 0. The maximum atomic E-state index is 10.3. The van der Waals surface area contributed by atoms with Gasteiger partial charge in [0.2, 0.25) is 0 Å². The third kappa shape index (κ3) is 20.5. The quantitative estimate of drug-likeness (QED) is 0.266. The minimum Gasteiger partial charge on any atom is -0.481 e. The third-order valence-corrected chi connectivity index (χ3v) is 3.73. The number of carboxylic acid groups (broad SMARTS) is 1. The standard InChI is InChI=1S/C18H34O3.Tb/c1-2-3-4-11-14-17(19)15-12-9-7-5-6-8-10-13-16-18(20)21;/h9,12,17,19H,2-8,10-11,13-16H2,1H3,(H,20,21);/b12-9-;/t17-;/m1./s1. The summed E-state index contributed by atoms with van der Waals surface area (Å²) in [4.78, 5) is 10.3. The fraction of sp³-hybridized carbons (Fsp3) is 0.833. The van der Waals surface area contributed by atoms with Crippen LogP contribution in [0.1, 0.15) is 90.4 Å². The number of aliphatic hydroxyl groups excluding tert-OH is 1. The molecule has 0 aromatic carbocycles. The van der Waals surface area contributed by atoms with Crippen LogP contribution in [-0.2, 0) is 4.79 Å². The molecule has 133 valence electrons. The summed E-state index contributed by atoms with van der Waals surface area (Å²) in [6.45, 7) is 2.20. The SMILES string of the molecule is CCCCCC[C@@H](O)C/C=C\CCCCCCCC(=O)O.[Tb]. The molecular weight excluding hydrogens is 423 g/mol. The first-order valence-corrected chi connectivity index (χ1v) is 8.71. The fourth-order valence-corrected chi connectivity index (χ4v) is 2.36. The maximum absolute atomic E-state index is 10.3. The van der Waals surface area contributed by atoms with Crippen LogP contribution in [0.15, 0.2) is 12.2 Å². The van der Waals surface area contributed by atoms with Gasteiger partial charge in [-0.1, -0.05) is 64.0 Å². The van der Waals surface area contributed by atoms with Crippen molar-refractivity contribution in [3.63, 3.8) is 0 Å². The molecule has 0 fully saturated rings. The van der Waals surface area contributed by atoms with Gasteiger partial charge in [0.05, 0.1) is 6.10 Å². The molecule has 0 saturated heterocycles. The zero-order chi connectivity index (χ0) is 15.8. The molecule has 0 bridgehead atoms. The van der Waals surface area contributed by atoms with Gasteiger partial charge in [-0.15, -0.1) is 0 Å². The molecule has 0 rings (SSSR count). The van der Waals surface area contributed by atoms with E-state index in [-0.39, 0.29) is 44.7 Å². The van der Waals surface area contributed by atoms with E-state index in [9.17, 15) is 9.90 Å². The molecule has 0 amide bonds. The minimum absolute atomic E-state index is 0. The van der Waals surface area contributed by atoms with Crippen molar-refractivity contribution in [2.45, 2.75) is 96.5 Å². The van der Waals surface area contributed by atoms with Gasteiger partial charge in [-0.05, 0) is 32.1 Å². The Balaban J connectivity index is 0. The molecule has 3 nitrogen and oxygen atoms in total. The van der Waals surface area contributed by atoms with Crippen molar-refractivity contribution in [2.75, 3.05) is 0 Å². The average Bonchev–Trinajstić information content (AvgIpc) is 2.45. The van der Waals surface area contributed by atoms with Crippen LogP contribution in [0.25, 0.3) is 0 Å². The second-order valence-corrected chi connectivity index (χ2v) is 5.91. The molecule has 0 unspecified atom stereocenters.